The lowest BCUT2D eigenvalue weighted by molar-refractivity contribution is -0.143. The first-order valence-corrected chi connectivity index (χ1v) is 6.45. The van der Waals surface area contributed by atoms with Crippen molar-refractivity contribution in [1.82, 2.24) is 5.32 Å². The number of nitrogens with one attached hydrogen (secondary N) is 1. The lowest BCUT2D eigenvalue weighted by atomic mass is 10.1. The van der Waals surface area contributed by atoms with Crippen molar-refractivity contribution < 1.29 is 9.53 Å². The molecule has 1 atom stereocenters. The second-order valence-electron chi connectivity index (χ2n) is 5.32. The van der Waals surface area contributed by atoms with Crippen molar-refractivity contribution in [3.05, 3.63) is 0 Å². The average Bonchev–Trinajstić information content (AvgIpc) is 2.80. The van der Waals surface area contributed by atoms with E-state index >= 15 is 0 Å². The first kappa shape index (κ1) is 13.5. The van der Waals surface area contributed by atoms with Crippen molar-refractivity contribution in [3.63, 3.8) is 0 Å². The monoisotopic (exact) mass is 227 g/mol. The zero-order valence-electron chi connectivity index (χ0n) is 10.8. The van der Waals surface area contributed by atoms with E-state index in [4.69, 9.17) is 4.74 Å². The smallest absolute Gasteiger partial charge is 0.305 e. The topological polar surface area (TPSA) is 38.3 Å². The normalized spacial score (nSPS) is 21.8. The fourth-order valence-corrected chi connectivity index (χ4v) is 1.90. The third-order valence-corrected chi connectivity index (χ3v) is 3.27. The first-order chi connectivity index (χ1) is 7.56. The average molecular weight is 227 g/mol. The van der Waals surface area contributed by atoms with Crippen molar-refractivity contribution in [3.8, 4) is 0 Å². The van der Waals surface area contributed by atoms with Crippen LogP contribution in [0.4, 0.5) is 0 Å². The summed E-state index contributed by atoms with van der Waals surface area (Å²) in [7, 11) is 0. The van der Waals surface area contributed by atoms with Crippen LogP contribution in [0.5, 0.6) is 0 Å². The maximum absolute atomic E-state index is 11.0. The Labute approximate surface area is 98.9 Å². The van der Waals surface area contributed by atoms with Gasteiger partial charge in [0.25, 0.3) is 0 Å². The van der Waals surface area contributed by atoms with E-state index in [2.05, 4.69) is 19.2 Å². The van der Waals surface area contributed by atoms with Gasteiger partial charge in [-0.1, -0.05) is 20.3 Å². The van der Waals surface area contributed by atoms with Gasteiger partial charge in [-0.3, -0.25) is 4.79 Å². The van der Waals surface area contributed by atoms with Crippen LogP contribution in [0.2, 0.25) is 0 Å². The summed E-state index contributed by atoms with van der Waals surface area (Å²) in [6.07, 6.45) is 5.10. The van der Waals surface area contributed by atoms with Crippen molar-refractivity contribution >= 4 is 5.97 Å². The Balaban J connectivity index is 1.84. The minimum absolute atomic E-state index is 0.0567. The summed E-state index contributed by atoms with van der Waals surface area (Å²) in [5.41, 5.74) is 0.519. The Hall–Kier alpha value is -0.570. The molecule has 0 aliphatic heterocycles. The molecule has 1 saturated carbocycles. The van der Waals surface area contributed by atoms with Gasteiger partial charge >= 0.3 is 5.97 Å². The van der Waals surface area contributed by atoms with Crippen LogP contribution in [0, 0.1) is 5.41 Å². The van der Waals surface area contributed by atoms with Crippen molar-refractivity contribution in [1.29, 1.82) is 0 Å². The molecule has 1 aliphatic rings. The molecule has 94 valence electrons. The molecule has 0 radical (unpaired) electrons. The first-order valence-electron chi connectivity index (χ1n) is 6.45. The second kappa shape index (κ2) is 6.24. The Morgan fingerprint density at radius 2 is 2.06 bits per heavy atom. The fraction of sp³-hybridized carbons (Fsp3) is 0.923. The summed E-state index contributed by atoms with van der Waals surface area (Å²) in [5, 5.41) is 3.54. The molecule has 0 aromatic rings. The summed E-state index contributed by atoms with van der Waals surface area (Å²) in [6.45, 7) is 8.02. The number of hydrogen-bond acceptors (Lipinski definition) is 3. The Morgan fingerprint density at radius 3 is 2.62 bits per heavy atom. The van der Waals surface area contributed by atoms with E-state index < -0.39 is 0 Å². The minimum Gasteiger partial charge on any atom is -0.466 e. The summed E-state index contributed by atoms with van der Waals surface area (Å²) in [5.74, 6) is -0.0567. The van der Waals surface area contributed by atoms with Crippen LogP contribution in [0.3, 0.4) is 0 Å². The third kappa shape index (κ3) is 4.97. The Bertz CT molecular complexity index is 226. The van der Waals surface area contributed by atoms with Crippen LogP contribution in [-0.4, -0.2) is 25.2 Å². The number of hydrogen-bond donors (Lipinski definition) is 1. The number of ether oxygens (including phenoxy) is 1. The molecular formula is C13H25NO2. The third-order valence-electron chi connectivity index (χ3n) is 3.27. The molecule has 0 aromatic carbocycles. The van der Waals surface area contributed by atoms with E-state index in [0.29, 0.717) is 18.4 Å². The number of carbonyl (C=O) groups is 1. The number of esters is 1. The van der Waals surface area contributed by atoms with Gasteiger partial charge in [0.1, 0.15) is 0 Å². The molecule has 3 nitrogen and oxygen atoms in total. The SMILES string of the molecule is CCOC(=O)CCCCCNC1CC1(C)C. The highest BCUT2D eigenvalue weighted by atomic mass is 16.5. The van der Waals surface area contributed by atoms with E-state index in [1.165, 1.54) is 6.42 Å². The van der Waals surface area contributed by atoms with Crippen LogP contribution < -0.4 is 5.32 Å². The van der Waals surface area contributed by atoms with Crippen LogP contribution in [0.1, 0.15) is 52.9 Å². The van der Waals surface area contributed by atoms with Gasteiger partial charge in [-0.2, -0.15) is 0 Å². The molecule has 1 rings (SSSR count). The highest BCUT2D eigenvalue weighted by Gasteiger charge is 2.44. The Kier molecular flexibility index (Phi) is 5.26. The van der Waals surface area contributed by atoms with Gasteiger partial charge in [0, 0.05) is 12.5 Å². The van der Waals surface area contributed by atoms with Gasteiger partial charge in [0.05, 0.1) is 6.61 Å². The van der Waals surface area contributed by atoms with Gasteiger partial charge < -0.3 is 10.1 Å². The lowest BCUT2D eigenvalue weighted by Gasteiger charge is -2.06. The van der Waals surface area contributed by atoms with Crippen LogP contribution in [0.15, 0.2) is 0 Å². The van der Waals surface area contributed by atoms with Crippen molar-refractivity contribution in [2.45, 2.75) is 58.9 Å². The highest BCUT2D eigenvalue weighted by Crippen LogP contribution is 2.44. The summed E-state index contributed by atoms with van der Waals surface area (Å²) < 4.78 is 4.87. The van der Waals surface area contributed by atoms with Gasteiger partial charge in [0.2, 0.25) is 0 Å². The van der Waals surface area contributed by atoms with Crippen LogP contribution >= 0.6 is 0 Å². The molecular weight excluding hydrogens is 202 g/mol. The zero-order chi connectivity index (χ0) is 12.0. The predicted molar refractivity (Wildman–Crippen MR) is 65.3 cm³/mol. The van der Waals surface area contributed by atoms with E-state index in [1.54, 1.807) is 0 Å². The summed E-state index contributed by atoms with van der Waals surface area (Å²) in [6, 6.07) is 0.720. The molecule has 3 heteroatoms. The maximum atomic E-state index is 11.0. The molecule has 0 amide bonds. The van der Waals surface area contributed by atoms with Gasteiger partial charge in [0.15, 0.2) is 0 Å². The van der Waals surface area contributed by atoms with Gasteiger partial charge in [-0.05, 0) is 38.1 Å². The molecule has 1 N–H and O–H groups in total. The number of unbranched alkanes of at least 4 members (excludes halogenated alkanes) is 2. The van der Waals surface area contributed by atoms with Crippen LogP contribution in [0.25, 0.3) is 0 Å². The standard InChI is InChI=1S/C13H25NO2/c1-4-16-12(15)8-6-5-7-9-14-11-10-13(11,2)3/h11,14H,4-10H2,1-3H3. The summed E-state index contributed by atoms with van der Waals surface area (Å²) >= 11 is 0. The molecule has 0 saturated heterocycles. The van der Waals surface area contributed by atoms with E-state index in [0.717, 1.165) is 31.8 Å². The zero-order valence-corrected chi connectivity index (χ0v) is 10.8. The highest BCUT2D eigenvalue weighted by molar-refractivity contribution is 5.69. The number of carbonyl (C=O) groups excluding carboxylic acids is 1. The fourth-order valence-electron chi connectivity index (χ4n) is 1.90. The number of rotatable bonds is 8. The molecule has 0 heterocycles. The molecule has 1 unspecified atom stereocenters. The van der Waals surface area contributed by atoms with Crippen LogP contribution in [-0.2, 0) is 9.53 Å². The minimum atomic E-state index is -0.0567. The quantitative estimate of drug-likeness (QED) is 0.511. The molecule has 16 heavy (non-hydrogen) atoms. The van der Waals surface area contributed by atoms with E-state index in [-0.39, 0.29) is 5.97 Å². The summed E-state index contributed by atoms with van der Waals surface area (Å²) in [4.78, 5) is 11.0. The maximum Gasteiger partial charge on any atom is 0.305 e. The van der Waals surface area contributed by atoms with E-state index in [9.17, 15) is 4.79 Å². The molecule has 1 fully saturated rings. The molecule has 0 spiro atoms. The lowest BCUT2D eigenvalue weighted by Crippen LogP contribution is -2.21. The molecule has 1 aliphatic carbocycles. The second-order valence-corrected chi connectivity index (χ2v) is 5.32. The largest absolute Gasteiger partial charge is 0.466 e. The van der Waals surface area contributed by atoms with Gasteiger partial charge in [-0.25, -0.2) is 0 Å². The molecule has 0 aromatic heterocycles. The van der Waals surface area contributed by atoms with Crippen molar-refractivity contribution in [2.24, 2.45) is 5.41 Å². The van der Waals surface area contributed by atoms with E-state index in [1.807, 2.05) is 6.92 Å². The van der Waals surface area contributed by atoms with Crippen molar-refractivity contribution in [2.75, 3.05) is 13.2 Å². The Morgan fingerprint density at radius 1 is 1.38 bits per heavy atom. The molecule has 0 bridgehead atoms. The predicted octanol–water partition coefficient (Wildman–Crippen LogP) is 2.50. The van der Waals surface area contributed by atoms with Gasteiger partial charge in [-0.15, -0.1) is 0 Å².